The van der Waals surface area contributed by atoms with E-state index in [0.717, 1.165) is 10.0 Å². The molecule has 0 atom stereocenters. The van der Waals surface area contributed by atoms with Crippen molar-refractivity contribution in [1.29, 1.82) is 0 Å². The van der Waals surface area contributed by atoms with Crippen LogP contribution in [-0.2, 0) is 13.6 Å². The summed E-state index contributed by atoms with van der Waals surface area (Å²) in [6.07, 6.45) is 1.90. The molecule has 1 N–H and O–H groups in total. The summed E-state index contributed by atoms with van der Waals surface area (Å²) < 4.78 is 16.3. The largest absolute Gasteiger partial charge is 0.316 e. The Balaban J connectivity index is 2.55. The molecule has 3 nitrogen and oxygen atoms in total. The minimum atomic E-state index is -0.260. The Bertz CT molecular complexity index is 537. The molecule has 0 aliphatic heterocycles. The van der Waals surface area contributed by atoms with E-state index in [4.69, 9.17) is 0 Å². The van der Waals surface area contributed by atoms with Gasteiger partial charge in [-0.15, -0.1) is 0 Å². The van der Waals surface area contributed by atoms with Gasteiger partial charge in [-0.25, -0.2) is 4.39 Å². The second-order valence-electron chi connectivity index (χ2n) is 3.83. The Hall–Kier alpha value is -1.20. The number of halogens is 2. The third-order valence-electron chi connectivity index (χ3n) is 2.46. The van der Waals surface area contributed by atoms with Crippen molar-refractivity contribution >= 4 is 15.9 Å². The summed E-state index contributed by atoms with van der Waals surface area (Å²) in [6, 6.07) is 4.87. The van der Waals surface area contributed by atoms with Crippen molar-refractivity contribution < 1.29 is 4.39 Å². The van der Waals surface area contributed by atoms with Crippen molar-refractivity contribution in [3.63, 3.8) is 0 Å². The molecule has 0 saturated heterocycles. The molecule has 0 fully saturated rings. The van der Waals surface area contributed by atoms with Crippen LogP contribution in [0.1, 0.15) is 5.56 Å². The smallest absolute Gasteiger partial charge is 0.132 e. The van der Waals surface area contributed by atoms with Gasteiger partial charge in [-0.05, 0) is 25.2 Å². The fourth-order valence-corrected chi connectivity index (χ4v) is 2.12. The molecule has 1 aromatic heterocycles. The highest BCUT2D eigenvalue weighted by Gasteiger charge is 2.13. The van der Waals surface area contributed by atoms with Crippen LogP contribution in [0.3, 0.4) is 0 Å². The van der Waals surface area contributed by atoms with E-state index < -0.39 is 0 Å². The average Bonchev–Trinajstić information content (AvgIpc) is 2.64. The second kappa shape index (κ2) is 4.98. The zero-order valence-electron chi connectivity index (χ0n) is 9.67. The normalized spacial score (nSPS) is 10.8. The van der Waals surface area contributed by atoms with E-state index in [9.17, 15) is 4.39 Å². The van der Waals surface area contributed by atoms with Crippen molar-refractivity contribution in [2.75, 3.05) is 7.05 Å². The monoisotopic (exact) mass is 297 g/mol. The number of rotatable bonds is 3. The van der Waals surface area contributed by atoms with E-state index in [2.05, 4.69) is 26.3 Å². The first kappa shape index (κ1) is 12.3. The number of nitrogens with zero attached hydrogens (tertiary/aromatic N) is 2. The third kappa shape index (κ3) is 2.56. The summed E-state index contributed by atoms with van der Waals surface area (Å²) >= 11 is 3.35. The first-order valence-electron chi connectivity index (χ1n) is 5.24. The Morgan fingerprint density at radius 2 is 2.24 bits per heavy atom. The standard InChI is InChI=1S/C12H13BrFN3/c1-15-6-8-7-17(2)16-12(8)10-5-9(13)3-4-11(10)14/h3-5,7,15H,6H2,1-2H3. The molecule has 5 heteroatoms. The molecule has 0 amide bonds. The minimum Gasteiger partial charge on any atom is -0.316 e. The van der Waals surface area contributed by atoms with Crippen molar-refractivity contribution in [2.24, 2.45) is 7.05 Å². The van der Waals surface area contributed by atoms with Crippen LogP contribution in [0, 0.1) is 5.82 Å². The Kier molecular flexibility index (Phi) is 3.59. The zero-order chi connectivity index (χ0) is 12.4. The van der Waals surface area contributed by atoms with Crippen molar-refractivity contribution in [2.45, 2.75) is 6.54 Å². The molecule has 0 saturated carbocycles. The molecule has 0 unspecified atom stereocenters. The number of nitrogens with one attached hydrogen (secondary N) is 1. The van der Waals surface area contributed by atoms with Crippen LogP contribution in [0.2, 0.25) is 0 Å². The highest BCUT2D eigenvalue weighted by atomic mass is 79.9. The van der Waals surface area contributed by atoms with Crippen LogP contribution in [0.5, 0.6) is 0 Å². The average molecular weight is 298 g/mol. The highest BCUT2D eigenvalue weighted by Crippen LogP contribution is 2.27. The summed E-state index contributed by atoms with van der Waals surface area (Å²) in [6.45, 7) is 0.662. The van der Waals surface area contributed by atoms with Gasteiger partial charge in [0.2, 0.25) is 0 Å². The van der Waals surface area contributed by atoms with Gasteiger partial charge in [0.05, 0.1) is 5.69 Å². The van der Waals surface area contributed by atoms with Crippen LogP contribution < -0.4 is 5.32 Å². The van der Waals surface area contributed by atoms with E-state index >= 15 is 0 Å². The fraction of sp³-hybridized carbons (Fsp3) is 0.250. The number of hydrogen-bond acceptors (Lipinski definition) is 2. The molecule has 17 heavy (non-hydrogen) atoms. The number of aromatic nitrogens is 2. The lowest BCUT2D eigenvalue weighted by Crippen LogP contribution is -2.05. The summed E-state index contributed by atoms with van der Waals surface area (Å²) in [7, 11) is 3.69. The van der Waals surface area contributed by atoms with Crippen LogP contribution in [0.15, 0.2) is 28.9 Å². The van der Waals surface area contributed by atoms with Gasteiger partial charge in [-0.1, -0.05) is 15.9 Å². The molecule has 1 heterocycles. The number of aryl methyl sites for hydroxylation is 1. The summed E-state index contributed by atoms with van der Waals surface area (Å²) in [5.41, 5.74) is 2.18. The fourth-order valence-electron chi connectivity index (χ4n) is 1.76. The number of hydrogen-bond donors (Lipinski definition) is 1. The minimum absolute atomic E-state index is 0.260. The second-order valence-corrected chi connectivity index (χ2v) is 4.75. The Labute approximate surface area is 108 Å². The van der Waals surface area contributed by atoms with Crippen LogP contribution in [0.4, 0.5) is 4.39 Å². The van der Waals surface area contributed by atoms with Crippen LogP contribution >= 0.6 is 15.9 Å². The maximum absolute atomic E-state index is 13.8. The van der Waals surface area contributed by atoms with Crippen molar-refractivity contribution in [3.05, 3.63) is 40.2 Å². The first-order valence-corrected chi connectivity index (χ1v) is 6.03. The lowest BCUT2D eigenvalue weighted by Gasteiger charge is -2.04. The maximum atomic E-state index is 13.8. The van der Waals surface area contributed by atoms with Gasteiger partial charge < -0.3 is 5.32 Å². The molecule has 2 aromatic rings. The van der Waals surface area contributed by atoms with Gasteiger partial charge in [0.1, 0.15) is 5.82 Å². The number of benzene rings is 1. The van der Waals surface area contributed by atoms with Gasteiger partial charge in [0, 0.05) is 35.4 Å². The predicted molar refractivity (Wildman–Crippen MR) is 69.1 cm³/mol. The Morgan fingerprint density at radius 1 is 1.47 bits per heavy atom. The summed E-state index contributed by atoms with van der Waals surface area (Å²) in [5.74, 6) is -0.260. The van der Waals surface area contributed by atoms with E-state index in [1.807, 2.05) is 20.3 Å². The van der Waals surface area contributed by atoms with E-state index in [1.165, 1.54) is 6.07 Å². The molecule has 1 aromatic carbocycles. The zero-order valence-corrected chi connectivity index (χ0v) is 11.3. The van der Waals surface area contributed by atoms with Gasteiger partial charge in [-0.3, -0.25) is 4.68 Å². The van der Waals surface area contributed by atoms with Crippen LogP contribution in [-0.4, -0.2) is 16.8 Å². The molecule has 0 aliphatic carbocycles. The first-order chi connectivity index (χ1) is 8.11. The van der Waals surface area contributed by atoms with E-state index in [0.29, 0.717) is 17.8 Å². The van der Waals surface area contributed by atoms with Gasteiger partial charge in [0.15, 0.2) is 0 Å². The molecule has 90 valence electrons. The molecule has 0 aliphatic rings. The molecule has 2 rings (SSSR count). The maximum Gasteiger partial charge on any atom is 0.132 e. The van der Waals surface area contributed by atoms with Gasteiger partial charge >= 0.3 is 0 Å². The quantitative estimate of drug-likeness (QED) is 0.944. The topological polar surface area (TPSA) is 29.9 Å². The van der Waals surface area contributed by atoms with E-state index in [1.54, 1.807) is 16.8 Å². The van der Waals surface area contributed by atoms with Crippen LogP contribution in [0.25, 0.3) is 11.3 Å². The lowest BCUT2D eigenvalue weighted by atomic mass is 10.1. The summed E-state index contributed by atoms with van der Waals surface area (Å²) in [5, 5.41) is 7.37. The molecule has 0 radical (unpaired) electrons. The highest BCUT2D eigenvalue weighted by molar-refractivity contribution is 9.10. The van der Waals surface area contributed by atoms with Crippen molar-refractivity contribution in [3.8, 4) is 11.3 Å². The molecular formula is C12H13BrFN3. The lowest BCUT2D eigenvalue weighted by molar-refractivity contribution is 0.629. The molecule has 0 bridgehead atoms. The molecule has 0 spiro atoms. The predicted octanol–water partition coefficient (Wildman–Crippen LogP) is 2.71. The molecular weight excluding hydrogens is 285 g/mol. The van der Waals surface area contributed by atoms with Gasteiger partial charge in [0.25, 0.3) is 0 Å². The summed E-state index contributed by atoms with van der Waals surface area (Å²) in [4.78, 5) is 0. The van der Waals surface area contributed by atoms with E-state index in [-0.39, 0.29) is 5.82 Å². The third-order valence-corrected chi connectivity index (χ3v) is 2.95. The van der Waals surface area contributed by atoms with Crippen molar-refractivity contribution in [1.82, 2.24) is 15.1 Å². The SMILES string of the molecule is CNCc1cn(C)nc1-c1cc(Br)ccc1F. The van der Waals surface area contributed by atoms with Gasteiger partial charge in [-0.2, -0.15) is 5.10 Å². The Morgan fingerprint density at radius 3 is 2.94 bits per heavy atom.